The first-order chi connectivity index (χ1) is 9.16. The summed E-state index contributed by atoms with van der Waals surface area (Å²) in [6, 6.07) is 0. The van der Waals surface area contributed by atoms with Crippen LogP contribution in [0.25, 0.3) is 0 Å². The molecule has 108 valence electrons. The molecule has 0 saturated carbocycles. The fourth-order valence-corrected chi connectivity index (χ4v) is 2.09. The zero-order chi connectivity index (χ0) is 14.1. The van der Waals surface area contributed by atoms with Crippen molar-refractivity contribution in [2.75, 3.05) is 6.54 Å². The van der Waals surface area contributed by atoms with Gasteiger partial charge in [0.05, 0.1) is 11.9 Å². The third-order valence-corrected chi connectivity index (χ3v) is 3.29. The molecule has 5 nitrogen and oxygen atoms in total. The third kappa shape index (κ3) is 5.42. The highest BCUT2D eigenvalue weighted by Gasteiger charge is 2.13. The lowest BCUT2D eigenvalue weighted by atomic mass is 10.1. The number of hydrogen-bond donors (Lipinski definition) is 2. The summed E-state index contributed by atoms with van der Waals surface area (Å²) in [4.78, 5) is 11.0. The number of aromatic carboxylic acids is 1. The number of nitrogens with one attached hydrogen (secondary N) is 1. The summed E-state index contributed by atoms with van der Waals surface area (Å²) in [7, 11) is 1.77. The summed E-state index contributed by atoms with van der Waals surface area (Å²) in [5, 5.41) is 16.3. The van der Waals surface area contributed by atoms with Crippen LogP contribution >= 0.6 is 0 Å². The van der Waals surface area contributed by atoms with E-state index >= 15 is 0 Å². The maximum atomic E-state index is 11.0. The number of aromatic nitrogens is 2. The number of carboxylic acid groups (broad SMARTS) is 1. The Morgan fingerprint density at radius 2 is 2.00 bits per heavy atom. The number of rotatable bonds is 10. The molecule has 0 unspecified atom stereocenters. The fraction of sp³-hybridized carbons (Fsp3) is 0.714. The number of hydrogen-bond acceptors (Lipinski definition) is 3. The van der Waals surface area contributed by atoms with Crippen molar-refractivity contribution in [1.29, 1.82) is 0 Å². The van der Waals surface area contributed by atoms with E-state index in [1.165, 1.54) is 38.3 Å². The SMILES string of the molecule is CCCCCCCCNCc1c(C(=O)O)cnn1C. The molecule has 0 fully saturated rings. The van der Waals surface area contributed by atoms with Gasteiger partial charge in [-0.1, -0.05) is 39.0 Å². The standard InChI is InChI=1S/C14H25N3O2/c1-3-4-5-6-7-8-9-15-11-13-12(14(18)19)10-16-17(13)2/h10,15H,3-9,11H2,1-2H3,(H,18,19). The molecule has 0 amide bonds. The topological polar surface area (TPSA) is 67.2 Å². The minimum atomic E-state index is -0.913. The first kappa shape index (κ1) is 15.7. The second kappa shape index (κ2) is 8.69. The molecule has 0 aliphatic heterocycles. The quantitative estimate of drug-likeness (QED) is 0.639. The number of carbonyl (C=O) groups is 1. The van der Waals surface area contributed by atoms with Gasteiger partial charge in [0.15, 0.2) is 0 Å². The van der Waals surface area contributed by atoms with Gasteiger partial charge < -0.3 is 10.4 Å². The van der Waals surface area contributed by atoms with Gasteiger partial charge in [0.1, 0.15) is 5.56 Å². The summed E-state index contributed by atoms with van der Waals surface area (Å²) >= 11 is 0. The Kier molecular flexibility index (Phi) is 7.18. The minimum Gasteiger partial charge on any atom is -0.478 e. The molecule has 0 atom stereocenters. The molecule has 1 aromatic rings. The molecular formula is C14H25N3O2. The van der Waals surface area contributed by atoms with Crippen molar-refractivity contribution in [3.8, 4) is 0 Å². The monoisotopic (exact) mass is 267 g/mol. The van der Waals surface area contributed by atoms with Crippen LogP contribution in [0, 0.1) is 0 Å². The summed E-state index contributed by atoms with van der Waals surface area (Å²) < 4.78 is 1.62. The summed E-state index contributed by atoms with van der Waals surface area (Å²) in [5.41, 5.74) is 1.02. The van der Waals surface area contributed by atoms with Crippen molar-refractivity contribution in [2.45, 2.75) is 52.0 Å². The molecule has 0 bridgehead atoms. The normalized spacial score (nSPS) is 10.8. The van der Waals surface area contributed by atoms with E-state index in [1.54, 1.807) is 11.7 Å². The first-order valence-corrected chi connectivity index (χ1v) is 7.11. The van der Waals surface area contributed by atoms with Crippen molar-refractivity contribution in [3.63, 3.8) is 0 Å². The van der Waals surface area contributed by atoms with Gasteiger partial charge >= 0.3 is 5.97 Å². The highest BCUT2D eigenvalue weighted by atomic mass is 16.4. The highest BCUT2D eigenvalue weighted by Crippen LogP contribution is 2.07. The second-order valence-corrected chi connectivity index (χ2v) is 4.88. The minimum absolute atomic E-state index is 0.290. The van der Waals surface area contributed by atoms with E-state index in [-0.39, 0.29) is 5.56 Å². The van der Waals surface area contributed by atoms with Crippen LogP contribution in [0.2, 0.25) is 0 Å². The highest BCUT2D eigenvalue weighted by molar-refractivity contribution is 5.88. The van der Waals surface area contributed by atoms with Gasteiger partial charge in [-0.15, -0.1) is 0 Å². The number of aryl methyl sites for hydroxylation is 1. The van der Waals surface area contributed by atoms with Gasteiger partial charge in [-0.05, 0) is 13.0 Å². The lowest BCUT2D eigenvalue weighted by Crippen LogP contribution is -2.19. The summed E-state index contributed by atoms with van der Waals surface area (Å²) in [6.45, 7) is 3.71. The largest absolute Gasteiger partial charge is 0.478 e. The predicted octanol–water partition coefficient (Wildman–Crippen LogP) is 2.57. The molecule has 0 aliphatic rings. The molecule has 0 saturated heterocycles. The third-order valence-electron chi connectivity index (χ3n) is 3.29. The summed E-state index contributed by atoms with van der Waals surface area (Å²) in [6.07, 6.45) is 9.00. The zero-order valence-corrected chi connectivity index (χ0v) is 12.0. The van der Waals surface area contributed by atoms with E-state index in [9.17, 15) is 4.79 Å². The molecule has 1 aromatic heterocycles. The second-order valence-electron chi connectivity index (χ2n) is 4.88. The summed E-state index contributed by atoms with van der Waals surface area (Å²) in [5.74, 6) is -0.913. The van der Waals surface area contributed by atoms with E-state index in [4.69, 9.17) is 5.11 Å². The molecule has 0 aromatic carbocycles. The van der Waals surface area contributed by atoms with Crippen LogP contribution in [-0.4, -0.2) is 27.4 Å². The van der Waals surface area contributed by atoms with Gasteiger partial charge in [-0.2, -0.15) is 5.10 Å². The van der Waals surface area contributed by atoms with Crippen LogP contribution in [0.3, 0.4) is 0 Å². The molecule has 0 aliphatic carbocycles. The van der Waals surface area contributed by atoms with Crippen molar-refractivity contribution < 1.29 is 9.90 Å². The molecule has 19 heavy (non-hydrogen) atoms. The Hall–Kier alpha value is -1.36. The average molecular weight is 267 g/mol. The maximum absolute atomic E-state index is 11.0. The van der Waals surface area contributed by atoms with E-state index < -0.39 is 5.97 Å². The first-order valence-electron chi connectivity index (χ1n) is 7.11. The Morgan fingerprint density at radius 3 is 2.68 bits per heavy atom. The van der Waals surface area contributed by atoms with Gasteiger partial charge in [-0.25, -0.2) is 4.79 Å². The van der Waals surface area contributed by atoms with Gasteiger partial charge in [-0.3, -0.25) is 4.68 Å². The van der Waals surface area contributed by atoms with Crippen LogP contribution in [-0.2, 0) is 13.6 Å². The smallest absolute Gasteiger partial charge is 0.339 e. The molecular weight excluding hydrogens is 242 g/mol. The molecule has 2 N–H and O–H groups in total. The average Bonchev–Trinajstić information content (AvgIpc) is 2.74. The van der Waals surface area contributed by atoms with Crippen LogP contribution in [0.1, 0.15) is 61.5 Å². The van der Waals surface area contributed by atoms with E-state index in [0.29, 0.717) is 6.54 Å². The van der Waals surface area contributed by atoms with Crippen LogP contribution in [0.5, 0.6) is 0 Å². The van der Waals surface area contributed by atoms with Crippen molar-refractivity contribution >= 4 is 5.97 Å². The van der Waals surface area contributed by atoms with Crippen LogP contribution < -0.4 is 5.32 Å². The number of unbranched alkanes of at least 4 members (excludes halogenated alkanes) is 5. The molecule has 0 spiro atoms. The van der Waals surface area contributed by atoms with Gasteiger partial charge in [0.25, 0.3) is 0 Å². The van der Waals surface area contributed by atoms with Crippen molar-refractivity contribution in [1.82, 2.24) is 15.1 Å². The number of nitrogens with zero attached hydrogens (tertiary/aromatic N) is 2. The Bertz CT molecular complexity index is 388. The molecule has 5 heteroatoms. The fourth-order valence-electron chi connectivity index (χ4n) is 2.09. The maximum Gasteiger partial charge on any atom is 0.339 e. The van der Waals surface area contributed by atoms with Crippen molar-refractivity contribution in [3.05, 3.63) is 17.5 Å². The zero-order valence-electron chi connectivity index (χ0n) is 12.0. The van der Waals surface area contributed by atoms with Crippen LogP contribution in [0.4, 0.5) is 0 Å². The number of carboxylic acids is 1. The Labute approximate surface area is 115 Å². The Morgan fingerprint density at radius 1 is 1.32 bits per heavy atom. The van der Waals surface area contributed by atoms with Gasteiger partial charge in [0, 0.05) is 13.6 Å². The Balaban J connectivity index is 2.19. The predicted molar refractivity (Wildman–Crippen MR) is 75.3 cm³/mol. The van der Waals surface area contributed by atoms with Crippen LogP contribution in [0.15, 0.2) is 6.20 Å². The molecule has 1 heterocycles. The lowest BCUT2D eigenvalue weighted by Gasteiger charge is -2.06. The van der Waals surface area contributed by atoms with Gasteiger partial charge in [0.2, 0.25) is 0 Å². The van der Waals surface area contributed by atoms with E-state index in [0.717, 1.165) is 18.7 Å². The lowest BCUT2D eigenvalue weighted by molar-refractivity contribution is 0.0695. The van der Waals surface area contributed by atoms with Crippen molar-refractivity contribution in [2.24, 2.45) is 7.05 Å². The van der Waals surface area contributed by atoms with E-state index in [2.05, 4.69) is 17.3 Å². The van der Waals surface area contributed by atoms with E-state index in [1.807, 2.05) is 0 Å². The molecule has 1 rings (SSSR count). The molecule has 0 radical (unpaired) electrons.